The van der Waals surface area contributed by atoms with Gasteiger partial charge in [-0.1, -0.05) is 60.7 Å². The molecular formula is C25H24F2N2O2. The topological polar surface area (TPSA) is 49.4 Å². The Balaban J connectivity index is 1.94. The summed E-state index contributed by atoms with van der Waals surface area (Å²) >= 11 is 0. The summed E-state index contributed by atoms with van der Waals surface area (Å²) in [6.07, 6.45) is 0.251. The summed E-state index contributed by atoms with van der Waals surface area (Å²) in [5.41, 5.74) is 1.81. The molecule has 0 fully saturated rings. The smallest absolute Gasteiger partial charge is 0.242 e. The Labute approximate surface area is 180 Å². The van der Waals surface area contributed by atoms with Gasteiger partial charge in [0.15, 0.2) is 0 Å². The van der Waals surface area contributed by atoms with Crippen molar-refractivity contribution in [3.8, 4) is 0 Å². The summed E-state index contributed by atoms with van der Waals surface area (Å²) in [6, 6.07) is 20.3. The number of carbonyl (C=O) groups excluding carboxylic acids is 2. The molecule has 0 spiro atoms. The van der Waals surface area contributed by atoms with E-state index in [1.54, 1.807) is 18.2 Å². The molecule has 0 bridgehead atoms. The van der Waals surface area contributed by atoms with E-state index < -0.39 is 17.7 Å². The molecule has 0 radical (unpaired) electrons. The molecule has 160 valence electrons. The first-order chi connectivity index (χ1) is 15.0. The number of carbonyl (C=O) groups is 2. The maximum Gasteiger partial charge on any atom is 0.242 e. The Hall–Kier alpha value is -3.54. The molecule has 4 nitrogen and oxygen atoms in total. The summed E-state index contributed by atoms with van der Waals surface area (Å²) in [6.45, 7) is -0.0579. The number of nitrogens with zero attached hydrogens (tertiary/aromatic N) is 1. The molecule has 3 aromatic carbocycles. The van der Waals surface area contributed by atoms with E-state index in [2.05, 4.69) is 5.32 Å². The molecule has 0 unspecified atom stereocenters. The van der Waals surface area contributed by atoms with Crippen LogP contribution in [0.15, 0.2) is 78.9 Å². The van der Waals surface area contributed by atoms with Crippen LogP contribution in [0.2, 0.25) is 0 Å². The van der Waals surface area contributed by atoms with Gasteiger partial charge in [-0.3, -0.25) is 9.59 Å². The zero-order chi connectivity index (χ0) is 22.2. The SMILES string of the molecule is CNC(=O)[C@@H](Cc1ccccc1)N(Cc1ccccc1F)C(=O)Cc1ccc(F)cc1. The van der Waals surface area contributed by atoms with Gasteiger partial charge >= 0.3 is 0 Å². The lowest BCUT2D eigenvalue weighted by molar-refractivity contribution is -0.140. The highest BCUT2D eigenvalue weighted by Crippen LogP contribution is 2.18. The van der Waals surface area contributed by atoms with Crippen LogP contribution in [0.1, 0.15) is 16.7 Å². The molecule has 0 saturated carbocycles. The number of amides is 2. The van der Waals surface area contributed by atoms with Gasteiger partial charge in [-0.15, -0.1) is 0 Å². The molecule has 31 heavy (non-hydrogen) atoms. The minimum absolute atomic E-state index is 0.0307. The Kier molecular flexibility index (Phi) is 7.49. The molecular weight excluding hydrogens is 398 g/mol. The lowest BCUT2D eigenvalue weighted by Gasteiger charge is -2.31. The fraction of sp³-hybridized carbons (Fsp3) is 0.200. The van der Waals surface area contributed by atoms with Crippen molar-refractivity contribution >= 4 is 11.8 Å². The second-order valence-corrected chi connectivity index (χ2v) is 7.24. The van der Waals surface area contributed by atoms with Crippen molar-refractivity contribution in [3.63, 3.8) is 0 Å². The van der Waals surface area contributed by atoms with Gasteiger partial charge in [0.05, 0.1) is 6.42 Å². The van der Waals surface area contributed by atoms with E-state index in [9.17, 15) is 18.4 Å². The van der Waals surface area contributed by atoms with E-state index in [4.69, 9.17) is 0 Å². The minimum Gasteiger partial charge on any atom is -0.357 e. The zero-order valence-electron chi connectivity index (χ0n) is 17.2. The van der Waals surface area contributed by atoms with Crippen molar-refractivity contribution in [1.82, 2.24) is 10.2 Å². The van der Waals surface area contributed by atoms with E-state index in [1.165, 1.54) is 42.3 Å². The number of nitrogens with one attached hydrogen (secondary N) is 1. The van der Waals surface area contributed by atoms with Crippen molar-refractivity contribution in [1.29, 1.82) is 0 Å². The summed E-state index contributed by atoms with van der Waals surface area (Å²) in [5, 5.41) is 2.62. The lowest BCUT2D eigenvalue weighted by atomic mass is 10.0. The largest absolute Gasteiger partial charge is 0.357 e. The van der Waals surface area contributed by atoms with Crippen LogP contribution in [-0.2, 0) is 29.0 Å². The van der Waals surface area contributed by atoms with E-state index in [-0.39, 0.29) is 31.2 Å². The Morgan fingerprint density at radius 1 is 0.871 bits per heavy atom. The Morgan fingerprint density at radius 3 is 2.16 bits per heavy atom. The first-order valence-electron chi connectivity index (χ1n) is 10.0. The van der Waals surface area contributed by atoms with Crippen molar-refractivity contribution in [2.45, 2.75) is 25.4 Å². The Bertz CT molecular complexity index is 1020. The molecule has 0 aliphatic heterocycles. The standard InChI is InChI=1S/C25H24F2N2O2/c1-28-25(31)23(15-18-7-3-2-4-8-18)29(17-20-9-5-6-10-22(20)27)24(30)16-19-11-13-21(26)14-12-19/h2-14,23H,15-17H2,1H3,(H,28,31)/t23-/m1/s1. The molecule has 0 aromatic heterocycles. The first-order valence-corrected chi connectivity index (χ1v) is 10.0. The number of benzene rings is 3. The molecule has 0 aliphatic rings. The maximum absolute atomic E-state index is 14.4. The molecule has 0 aliphatic carbocycles. The molecule has 6 heteroatoms. The second kappa shape index (κ2) is 10.5. The van der Waals surface area contributed by atoms with Crippen LogP contribution in [0.3, 0.4) is 0 Å². The van der Waals surface area contributed by atoms with Gasteiger partial charge in [0.2, 0.25) is 11.8 Å². The lowest BCUT2D eigenvalue weighted by Crippen LogP contribution is -2.50. The average molecular weight is 422 g/mol. The third kappa shape index (κ3) is 5.98. The summed E-state index contributed by atoms with van der Waals surface area (Å²) < 4.78 is 27.6. The predicted octanol–water partition coefficient (Wildman–Crippen LogP) is 3.89. The van der Waals surface area contributed by atoms with E-state index in [0.29, 0.717) is 11.1 Å². The number of halogens is 2. The van der Waals surface area contributed by atoms with Crippen LogP contribution in [-0.4, -0.2) is 29.8 Å². The number of rotatable bonds is 8. The van der Waals surface area contributed by atoms with Crippen molar-refractivity contribution in [2.24, 2.45) is 0 Å². The highest BCUT2D eigenvalue weighted by Gasteiger charge is 2.30. The van der Waals surface area contributed by atoms with Gasteiger partial charge in [0.1, 0.15) is 17.7 Å². The van der Waals surface area contributed by atoms with Crippen molar-refractivity contribution < 1.29 is 18.4 Å². The van der Waals surface area contributed by atoms with Crippen LogP contribution in [0.5, 0.6) is 0 Å². The fourth-order valence-electron chi connectivity index (χ4n) is 3.41. The maximum atomic E-state index is 14.4. The average Bonchev–Trinajstić information content (AvgIpc) is 2.79. The predicted molar refractivity (Wildman–Crippen MR) is 115 cm³/mol. The number of likely N-dealkylation sites (N-methyl/N-ethyl adjacent to an activating group) is 1. The van der Waals surface area contributed by atoms with Gasteiger partial charge in [0.25, 0.3) is 0 Å². The van der Waals surface area contributed by atoms with E-state index in [0.717, 1.165) is 5.56 Å². The molecule has 3 aromatic rings. The normalized spacial score (nSPS) is 11.6. The van der Waals surface area contributed by atoms with Crippen molar-refractivity contribution in [3.05, 3.63) is 107 Å². The molecule has 1 atom stereocenters. The number of hydrogen-bond donors (Lipinski definition) is 1. The third-order valence-electron chi connectivity index (χ3n) is 5.08. The van der Waals surface area contributed by atoms with E-state index in [1.807, 2.05) is 30.3 Å². The van der Waals surface area contributed by atoms with Crippen LogP contribution in [0.25, 0.3) is 0 Å². The highest BCUT2D eigenvalue weighted by molar-refractivity contribution is 5.88. The zero-order valence-corrected chi connectivity index (χ0v) is 17.2. The number of hydrogen-bond acceptors (Lipinski definition) is 2. The molecule has 2 amide bonds. The van der Waals surface area contributed by atoms with Gasteiger partial charge in [-0.25, -0.2) is 8.78 Å². The molecule has 1 N–H and O–H groups in total. The summed E-state index contributed by atoms with van der Waals surface area (Å²) in [5.74, 6) is -1.53. The van der Waals surface area contributed by atoms with Crippen LogP contribution in [0.4, 0.5) is 8.78 Å². The van der Waals surface area contributed by atoms with Gasteiger partial charge in [-0.2, -0.15) is 0 Å². The van der Waals surface area contributed by atoms with Crippen LogP contribution >= 0.6 is 0 Å². The highest BCUT2D eigenvalue weighted by atomic mass is 19.1. The third-order valence-corrected chi connectivity index (χ3v) is 5.08. The molecule has 0 saturated heterocycles. The van der Waals surface area contributed by atoms with Crippen molar-refractivity contribution in [2.75, 3.05) is 7.05 Å². The quantitative estimate of drug-likeness (QED) is 0.599. The van der Waals surface area contributed by atoms with E-state index >= 15 is 0 Å². The summed E-state index contributed by atoms with van der Waals surface area (Å²) in [7, 11) is 1.51. The van der Waals surface area contributed by atoms with Crippen LogP contribution < -0.4 is 5.32 Å². The van der Waals surface area contributed by atoms with Gasteiger partial charge in [-0.05, 0) is 29.3 Å². The molecule has 3 rings (SSSR count). The van der Waals surface area contributed by atoms with Gasteiger partial charge in [0, 0.05) is 25.6 Å². The van der Waals surface area contributed by atoms with Gasteiger partial charge < -0.3 is 10.2 Å². The Morgan fingerprint density at radius 2 is 1.52 bits per heavy atom. The fourth-order valence-corrected chi connectivity index (χ4v) is 3.41. The van der Waals surface area contributed by atoms with Crippen LogP contribution in [0, 0.1) is 11.6 Å². The second-order valence-electron chi connectivity index (χ2n) is 7.24. The molecule has 0 heterocycles. The first kappa shape index (κ1) is 22.2. The monoisotopic (exact) mass is 422 g/mol. The summed E-state index contributed by atoms with van der Waals surface area (Å²) in [4.78, 5) is 27.5. The minimum atomic E-state index is -0.833.